The lowest BCUT2D eigenvalue weighted by atomic mass is 10.1. The van der Waals surface area contributed by atoms with Crippen molar-refractivity contribution >= 4 is 10.9 Å². The first kappa shape index (κ1) is 9.28. The standard InChI is InChI=1S/C12H16N2/c1-8-4-5-12-10(6-8)11(7-14-12)9(2)13-3/h4-7,9,13-14H,1-3H3. The zero-order valence-electron chi connectivity index (χ0n) is 8.89. The molecule has 2 rings (SSSR count). The monoisotopic (exact) mass is 188 g/mol. The third-order valence-electron chi connectivity index (χ3n) is 2.77. The van der Waals surface area contributed by atoms with Crippen LogP contribution in [0, 0.1) is 6.92 Å². The van der Waals surface area contributed by atoms with E-state index in [4.69, 9.17) is 0 Å². The van der Waals surface area contributed by atoms with Gasteiger partial charge in [-0.15, -0.1) is 0 Å². The zero-order chi connectivity index (χ0) is 10.1. The number of hydrogen-bond donors (Lipinski definition) is 2. The smallest absolute Gasteiger partial charge is 0.0457 e. The minimum Gasteiger partial charge on any atom is -0.361 e. The number of benzene rings is 1. The van der Waals surface area contributed by atoms with Gasteiger partial charge in [0, 0.05) is 23.1 Å². The van der Waals surface area contributed by atoms with Crippen LogP contribution in [-0.2, 0) is 0 Å². The van der Waals surface area contributed by atoms with Crippen LogP contribution >= 0.6 is 0 Å². The maximum atomic E-state index is 3.29. The minimum absolute atomic E-state index is 0.394. The molecule has 0 fully saturated rings. The average Bonchev–Trinajstić information content (AvgIpc) is 2.59. The summed E-state index contributed by atoms with van der Waals surface area (Å²) in [6.07, 6.45) is 2.09. The van der Waals surface area contributed by atoms with E-state index in [1.165, 1.54) is 22.0 Å². The molecule has 0 amide bonds. The molecule has 2 nitrogen and oxygen atoms in total. The summed E-state index contributed by atoms with van der Waals surface area (Å²) in [7, 11) is 1.99. The maximum Gasteiger partial charge on any atom is 0.0457 e. The Morgan fingerprint density at radius 2 is 2.14 bits per heavy atom. The van der Waals surface area contributed by atoms with Crippen molar-refractivity contribution in [3.8, 4) is 0 Å². The van der Waals surface area contributed by atoms with E-state index in [0.717, 1.165) is 0 Å². The molecule has 1 aromatic heterocycles. The summed E-state index contributed by atoms with van der Waals surface area (Å²) in [4.78, 5) is 3.29. The Labute approximate surface area is 84.3 Å². The second-order valence-corrected chi connectivity index (χ2v) is 3.80. The number of nitrogens with one attached hydrogen (secondary N) is 2. The van der Waals surface area contributed by atoms with Gasteiger partial charge in [-0.05, 0) is 38.6 Å². The molecule has 2 heteroatoms. The van der Waals surface area contributed by atoms with Crippen LogP contribution in [0.2, 0.25) is 0 Å². The van der Waals surface area contributed by atoms with Gasteiger partial charge >= 0.3 is 0 Å². The molecule has 1 atom stereocenters. The van der Waals surface area contributed by atoms with E-state index in [-0.39, 0.29) is 0 Å². The molecule has 1 unspecified atom stereocenters. The Morgan fingerprint density at radius 3 is 2.86 bits per heavy atom. The number of rotatable bonds is 2. The fourth-order valence-corrected chi connectivity index (χ4v) is 1.77. The summed E-state index contributed by atoms with van der Waals surface area (Å²) in [6, 6.07) is 6.89. The summed E-state index contributed by atoms with van der Waals surface area (Å²) >= 11 is 0. The van der Waals surface area contributed by atoms with E-state index in [2.05, 4.69) is 48.5 Å². The van der Waals surface area contributed by atoms with Gasteiger partial charge in [-0.1, -0.05) is 11.6 Å². The van der Waals surface area contributed by atoms with Crippen LogP contribution in [0.1, 0.15) is 24.1 Å². The van der Waals surface area contributed by atoms with Crippen molar-refractivity contribution in [2.75, 3.05) is 7.05 Å². The van der Waals surface area contributed by atoms with Crippen molar-refractivity contribution in [1.29, 1.82) is 0 Å². The molecular formula is C12H16N2. The Kier molecular flexibility index (Phi) is 2.30. The summed E-state index contributed by atoms with van der Waals surface area (Å²) in [5.74, 6) is 0. The van der Waals surface area contributed by atoms with Crippen molar-refractivity contribution in [1.82, 2.24) is 10.3 Å². The largest absolute Gasteiger partial charge is 0.361 e. The number of fused-ring (bicyclic) bond motifs is 1. The summed E-state index contributed by atoms with van der Waals surface area (Å²) in [5.41, 5.74) is 3.86. The fourth-order valence-electron chi connectivity index (χ4n) is 1.77. The van der Waals surface area contributed by atoms with Gasteiger partial charge in [-0.3, -0.25) is 0 Å². The quantitative estimate of drug-likeness (QED) is 0.745. The molecule has 0 aliphatic heterocycles. The molecule has 1 aromatic carbocycles. The zero-order valence-corrected chi connectivity index (χ0v) is 8.89. The van der Waals surface area contributed by atoms with Crippen LogP contribution in [0.3, 0.4) is 0 Å². The summed E-state index contributed by atoms with van der Waals surface area (Å²) in [6.45, 7) is 4.30. The first-order chi connectivity index (χ1) is 6.72. The first-order valence-electron chi connectivity index (χ1n) is 4.97. The van der Waals surface area contributed by atoms with Gasteiger partial charge in [0.05, 0.1) is 0 Å². The van der Waals surface area contributed by atoms with E-state index in [0.29, 0.717) is 6.04 Å². The van der Waals surface area contributed by atoms with Gasteiger partial charge in [-0.25, -0.2) is 0 Å². The Morgan fingerprint density at radius 1 is 1.36 bits per heavy atom. The lowest BCUT2D eigenvalue weighted by Gasteiger charge is -2.08. The second-order valence-electron chi connectivity index (χ2n) is 3.80. The number of H-pyrrole nitrogens is 1. The molecule has 0 bridgehead atoms. The van der Waals surface area contributed by atoms with Gasteiger partial charge in [-0.2, -0.15) is 0 Å². The molecule has 14 heavy (non-hydrogen) atoms. The van der Waals surface area contributed by atoms with Gasteiger partial charge in [0.15, 0.2) is 0 Å². The highest BCUT2D eigenvalue weighted by atomic mass is 14.9. The third-order valence-corrected chi connectivity index (χ3v) is 2.77. The normalized spacial score (nSPS) is 13.4. The first-order valence-corrected chi connectivity index (χ1v) is 4.97. The van der Waals surface area contributed by atoms with Crippen LogP contribution < -0.4 is 5.32 Å². The number of hydrogen-bond acceptors (Lipinski definition) is 1. The second kappa shape index (κ2) is 3.46. The Bertz CT molecular complexity index is 443. The molecule has 0 saturated carbocycles. The summed E-state index contributed by atoms with van der Waals surface area (Å²) in [5, 5.41) is 4.58. The fraction of sp³-hybridized carbons (Fsp3) is 0.333. The molecule has 0 spiro atoms. The van der Waals surface area contributed by atoms with Crippen LogP contribution in [0.4, 0.5) is 0 Å². The minimum atomic E-state index is 0.394. The van der Waals surface area contributed by atoms with Crippen molar-refractivity contribution < 1.29 is 0 Å². The molecule has 2 N–H and O–H groups in total. The van der Waals surface area contributed by atoms with Crippen LogP contribution in [0.15, 0.2) is 24.4 Å². The Balaban J connectivity index is 2.61. The number of aromatic amines is 1. The van der Waals surface area contributed by atoms with Crippen LogP contribution in [0.25, 0.3) is 10.9 Å². The lowest BCUT2D eigenvalue weighted by molar-refractivity contribution is 0.657. The van der Waals surface area contributed by atoms with Crippen LogP contribution in [-0.4, -0.2) is 12.0 Å². The van der Waals surface area contributed by atoms with Crippen molar-refractivity contribution in [2.45, 2.75) is 19.9 Å². The molecule has 0 radical (unpaired) electrons. The van der Waals surface area contributed by atoms with Crippen molar-refractivity contribution in [2.24, 2.45) is 0 Å². The molecule has 2 aromatic rings. The Hall–Kier alpha value is -1.28. The van der Waals surface area contributed by atoms with Gasteiger partial charge in [0.1, 0.15) is 0 Å². The van der Waals surface area contributed by atoms with Gasteiger partial charge in [0.25, 0.3) is 0 Å². The van der Waals surface area contributed by atoms with E-state index < -0.39 is 0 Å². The van der Waals surface area contributed by atoms with E-state index in [9.17, 15) is 0 Å². The van der Waals surface area contributed by atoms with Gasteiger partial charge in [0.2, 0.25) is 0 Å². The lowest BCUT2D eigenvalue weighted by Crippen LogP contribution is -2.11. The van der Waals surface area contributed by atoms with Crippen molar-refractivity contribution in [3.63, 3.8) is 0 Å². The average molecular weight is 188 g/mol. The molecule has 0 aliphatic carbocycles. The maximum absolute atomic E-state index is 3.29. The van der Waals surface area contributed by atoms with E-state index >= 15 is 0 Å². The SMILES string of the molecule is CNC(C)c1c[nH]c2ccc(C)cc12. The topological polar surface area (TPSA) is 27.8 Å². The van der Waals surface area contributed by atoms with Gasteiger partial charge < -0.3 is 10.3 Å². The van der Waals surface area contributed by atoms with Crippen LogP contribution in [0.5, 0.6) is 0 Å². The molecule has 0 aliphatic rings. The third kappa shape index (κ3) is 1.42. The summed E-state index contributed by atoms with van der Waals surface area (Å²) < 4.78 is 0. The highest BCUT2D eigenvalue weighted by Crippen LogP contribution is 2.24. The molecular weight excluding hydrogens is 172 g/mol. The molecule has 1 heterocycles. The van der Waals surface area contributed by atoms with E-state index in [1.807, 2.05) is 7.05 Å². The predicted octanol–water partition coefficient (Wildman–Crippen LogP) is 2.76. The number of aromatic nitrogens is 1. The highest BCUT2D eigenvalue weighted by molar-refractivity contribution is 5.84. The highest BCUT2D eigenvalue weighted by Gasteiger charge is 2.08. The van der Waals surface area contributed by atoms with Crippen molar-refractivity contribution in [3.05, 3.63) is 35.5 Å². The van der Waals surface area contributed by atoms with E-state index in [1.54, 1.807) is 0 Å². The predicted molar refractivity (Wildman–Crippen MR) is 60.5 cm³/mol. The molecule has 74 valence electrons. The number of aryl methyl sites for hydroxylation is 1. The molecule has 0 saturated heterocycles.